The van der Waals surface area contributed by atoms with Crippen LogP contribution in [0.1, 0.15) is 23.2 Å². The topological polar surface area (TPSA) is 68.5 Å². The molecule has 0 saturated carbocycles. The summed E-state index contributed by atoms with van der Waals surface area (Å²) in [5.74, 6) is -1.32. The number of halogens is 1. The molecule has 5 nitrogen and oxygen atoms in total. The number of hydrogen-bond donors (Lipinski definition) is 1. The summed E-state index contributed by atoms with van der Waals surface area (Å²) < 4.78 is 18.9. The summed E-state index contributed by atoms with van der Waals surface area (Å²) in [6, 6.07) is 1.36. The largest absolute Gasteiger partial charge is 0.381 e. The predicted octanol–water partition coefficient (Wildman–Crippen LogP) is 1.05. The molecule has 1 aromatic heterocycles. The molecule has 0 aromatic carbocycles. The van der Waals surface area contributed by atoms with Crippen molar-refractivity contribution in [3.05, 3.63) is 23.6 Å². The van der Waals surface area contributed by atoms with Crippen molar-refractivity contribution in [3.63, 3.8) is 0 Å². The molecule has 18 heavy (non-hydrogen) atoms. The Labute approximate surface area is 105 Å². The van der Waals surface area contributed by atoms with Crippen molar-refractivity contribution in [2.24, 2.45) is 0 Å². The van der Waals surface area contributed by atoms with Crippen molar-refractivity contribution in [3.8, 4) is 0 Å². The highest BCUT2D eigenvalue weighted by atomic mass is 19.1. The number of nitrogens with two attached hydrogens (primary N) is 1. The Balaban J connectivity index is 2.10. The summed E-state index contributed by atoms with van der Waals surface area (Å²) in [6.07, 6.45) is 3.06. The lowest BCUT2D eigenvalue weighted by Crippen LogP contribution is -2.41. The lowest BCUT2D eigenvalue weighted by atomic mass is 10.1. The second-order valence-corrected chi connectivity index (χ2v) is 4.28. The number of carbonyl (C=O) groups excluding carboxylic acids is 1. The van der Waals surface area contributed by atoms with Gasteiger partial charge >= 0.3 is 0 Å². The Morgan fingerprint density at radius 1 is 1.56 bits per heavy atom. The van der Waals surface area contributed by atoms with E-state index in [0.717, 1.165) is 12.8 Å². The highest BCUT2D eigenvalue weighted by molar-refractivity contribution is 5.95. The number of amides is 1. The Bertz CT molecular complexity index is 445. The molecule has 2 rings (SSSR count). The first kappa shape index (κ1) is 12.8. The SMILES string of the molecule is COC1CCN(C(=O)c2ccnc(N)c2F)CC1. The van der Waals surface area contributed by atoms with Crippen LogP contribution in [-0.4, -0.2) is 42.1 Å². The fraction of sp³-hybridized carbons (Fsp3) is 0.500. The van der Waals surface area contributed by atoms with Crippen LogP contribution in [0.3, 0.4) is 0 Å². The minimum absolute atomic E-state index is 0.0154. The van der Waals surface area contributed by atoms with Crippen LogP contribution in [-0.2, 0) is 4.74 Å². The fourth-order valence-electron chi connectivity index (χ4n) is 2.09. The van der Waals surface area contributed by atoms with Gasteiger partial charge < -0.3 is 15.4 Å². The number of nitrogens with zero attached hydrogens (tertiary/aromatic N) is 2. The molecule has 1 aliphatic heterocycles. The number of piperidine rings is 1. The number of rotatable bonds is 2. The van der Waals surface area contributed by atoms with E-state index >= 15 is 0 Å². The first-order valence-electron chi connectivity index (χ1n) is 5.85. The van der Waals surface area contributed by atoms with Crippen LogP contribution in [0, 0.1) is 5.82 Å². The number of hydrogen-bond acceptors (Lipinski definition) is 4. The summed E-state index contributed by atoms with van der Waals surface area (Å²) >= 11 is 0. The molecule has 0 aliphatic carbocycles. The molecule has 2 N–H and O–H groups in total. The van der Waals surface area contributed by atoms with Crippen LogP contribution in [0.5, 0.6) is 0 Å². The van der Waals surface area contributed by atoms with Gasteiger partial charge in [-0.05, 0) is 18.9 Å². The fourth-order valence-corrected chi connectivity index (χ4v) is 2.09. The van der Waals surface area contributed by atoms with Gasteiger partial charge in [-0.2, -0.15) is 0 Å². The van der Waals surface area contributed by atoms with E-state index in [0.29, 0.717) is 13.1 Å². The first-order chi connectivity index (χ1) is 8.63. The molecule has 0 spiro atoms. The van der Waals surface area contributed by atoms with Gasteiger partial charge in [0, 0.05) is 26.4 Å². The Morgan fingerprint density at radius 3 is 2.83 bits per heavy atom. The van der Waals surface area contributed by atoms with Crippen molar-refractivity contribution in [1.82, 2.24) is 9.88 Å². The molecule has 1 saturated heterocycles. The van der Waals surface area contributed by atoms with Gasteiger partial charge in [0.25, 0.3) is 5.91 Å². The van der Waals surface area contributed by atoms with E-state index in [1.54, 1.807) is 12.0 Å². The monoisotopic (exact) mass is 253 g/mol. The molecule has 0 bridgehead atoms. The number of nitrogen functional groups attached to an aromatic ring is 1. The van der Waals surface area contributed by atoms with E-state index in [1.165, 1.54) is 12.3 Å². The van der Waals surface area contributed by atoms with Crippen LogP contribution in [0.15, 0.2) is 12.3 Å². The third-order valence-corrected chi connectivity index (χ3v) is 3.21. The van der Waals surface area contributed by atoms with Crippen molar-refractivity contribution in [2.75, 3.05) is 25.9 Å². The Morgan fingerprint density at radius 2 is 2.22 bits per heavy atom. The van der Waals surface area contributed by atoms with Crippen LogP contribution >= 0.6 is 0 Å². The predicted molar refractivity (Wildman–Crippen MR) is 64.5 cm³/mol. The van der Waals surface area contributed by atoms with Gasteiger partial charge in [-0.3, -0.25) is 4.79 Å². The molecule has 0 unspecified atom stereocenters. The summed E-state index contributed by atoms with van der Waals surface area (Å²) in [7, 11) is 1.66. The molecule has 1 fully saturated rings. The maximum absolute atomic E-state index is 13.7. The number of anilines is 1. The van der Waals surface area contributed by atoms with E-state index in [4.69, 9.17) is 10.5 Å². The van der Waals surface area contributed by atoms with Crippen LogP contribution in [0.25, 0.3) is 0 Å². The van der Waals surface area contributed by atoms with Crippen molar-refractivity contribution < 1.29 is 13.9 Å². The first-order valence-corrected chi connectivity index (χ1v) is 5.85. The second-order valence-electron chi connectivity index (χ2n) is 4.28. The van der Waals surface area contributed by atoms with E-state index in [9.17, 15) is 9.18 Å². The van der Waals surface area contributed by atoms with Crippen LogP contribution in [0.2, 0.25) is 0 Å². The average Bonchev–Trinajstić information content (AvgIpc) is 2.41. The molecule has 0 radical (unpaired) electrons. The standard InChI is InChI=1S/C12H16FN3O2/c1-18-8-3-6-16(7-4-8)12(17)9-2-5-15-11(14)10(9)13/h2,5,8H,3-4,6-7H2,1H3,(H2,14,15). The molecular weight excluding hydrogens is 237 g/mol. The zero-order valence-electron chi connectivity index (χ0n) is 10.2. The van der Waals surface area contributed by atoms with E-state index in [-0.39, 0.29) is 23.4 Å². The van der Waals surface area contributed by atoms with Gasteiger partial charge in [-0.25, -0.2) is 9.37 Å². The molecule has 6 heteroatoms. The Kier molecular flexibility index (Phi) is 3.76. The number of aromatic nitrogens is 1. The molecule has 1 aliphatic rings. The second kappa shape index (κ2) is 5.30. The van der Waals surface area contributed by atoms with Gasteiger partial charge in [-0.15, -0.1) is 0 Å². The van der Waals surface area contributed by atoms with Crippen LogP contribution < -0.4 is 5.73 Å². The summed E-state index contributed by atoms with van der Waals surface area (Å²) in [5.41, 5.74) is 5.34. The quantitative estimate of drug-likeness (QED) is 0.855. The van der Waals surface area contributed by atoms with Crippen molar-refractivity contribution in [2.45, 2.75) is 18.9 Å². The smallest absolute Gasteiger partial charge is 0.257 e. The maximum Gasteiger partial charge on any atom is 0.257 e. The van der Waals surface area contributed by atoms with Crippen molar-refractivity contribution >= 4 is 11.7 Å². The lowest BCUT2D eigenvalue weighted by Gasteiger charge is -2.31. The summed E-state index contributed by atoms with van der Waals surface area (Å²) in [6.45, 7) is 1.14. The van der Waals surface area contributed by atoms with Gasteiger partial charge in [0.05, 0.1) is 11.7 Å². The minimum atomic E-state index is -0.739. The highest BCUT2D eigenvalue weighted by Crippen LogP contribution is 2.18. The maximum atomic E-state index is 13.7. The normalized spacial score (nSPS) is 16.9. The third-order valence-electron chi connectivity index (χ3n) is 3.21. The van der Waals surface area contributed by atoms with E-state index < -0.39 is 5.82 Å². The van der Waals surface area contributed by atoms with Crippen LogP contribution in [0.4, 0.5) is 10.2 Å². The number of likely N-dealkylation sites (tertiary alicyclic amines) is 1. The lowest BCUT2D eigenvalue weighted by molar-refractivity contribution is 0.0348. The molecule has 1 aromatic rings. The minimum Gasteiger partial charge on any atom is -0.381 e. The number of methoxy groups -OCH3 is 1. The van der Waals surface area contributed by atoms with Gasteiger partial charge in [0.2, 0.25) is 0 Å². The average molecular weight is 253 g/mol. The molecule has 98 valence electrons. The molecule has 0 atom stereocenters. The number of pyridine rings is 1. The number of carbonyl (C=O) groups is 1. The third kappa shape index (κ3) is 2.43. The van der Waals surface area contributed by atoms with Gasteiger partial charge in [0.15, 0.2) is 11.6 Å². The zero-order chi connectivity index (χ0) is 13.1. The number of ether oxygens (including phenoxy) is 1. The van der Waals surface area contributed by atoms with E-state index in [2.05, 4.69) is 4.98 Å². The molecule has 1 amide bonds. The summed E-state index contributed by atoms with van der Waals surface area (Å²) in [4.78, 5) is 17.4. The van der Waals surface area contributed by atoms with Gasteiger partial charge in [0.1, 0.15) is 0 Å². The highest BCUT2D eigenvalue weighted by Gasteiger charge is 2.25. The van der Waals surface area contributed by atoms with Crippen molar-refractivity contribution in [1.29, 1.82) is 0 Å². The van der Waals surface area contributed by atoms with Gasteiger partial charge in [-0.1, -0.05) is 0 Å². The molecule has 2 heterocycles. The van der Waals surface area contributed by atoms with E-state index in [1.807, 2.05) is 0 Å². The summed E-state index contributed by atoms with van der Waals surface area (Å²) in [5, 5.41) is 0. The zero-order valence-corrected chi connectivity index (χ0v) is 10.2. The molecular formula is C12H16FN3O2. The Hall–Kier alpha value is -1.69.